The predicted molar refractivity (Wildman–Crippen MR) is 74.1 cm³/mol. The molecule has 0 radical (unpaired) electrons. The van der Waals surface area contributed by atoms with Crippen molar-refractivity contribution in [2.75, 3.05) is 0 Å². The molecule has 0 aromatic heterocycles. The molecule has 2 aromatic carbocycles. The Bertz CT molecular complexity index is 677. The molecule has 0 atom stereocenters. The van der Waals surface area contributed by atoms with Crippen molar-refractivity contribution in [1.29, 1.82) is 0 Å². The molecule has 0 aliphatic carbocycles. The van der Waals surface area contributed by atoms with E-state index >= 15 is 0 Å². The first-order chi connectivity index (χ1) is 9.97. The second-order valence-corrected chi connectivity index (χ2v) is 4.49. The fourth-order valence-corrected chi connectivity index (χ4v) is 1.81. The fraction of sp³-hybridized carbons (Fsp3) is 0.125. The molecule has 0 amide bonds. The first-order valence-corrected chi connectivity index (χ1v) is 6.23. The molecule has 5 heteroatoms. The van der Waals surface area contributed by atoms with Gasteiger partial charge < -0.3 is 9.84 Å². The molecular weight excluding hydrogens is 275 g/mol. The Balaban J connectivity index is 2.13. The van der Waals surface area contributed by atoms with Crippen LogP contribution in [0, 0.1) is 5.82 Å². The minimum atomic E-state index is -1.00. The van der Waals surface area contributed by atoms with Gasteiger partial charge in [-0.2, -0.15) is 0 Å². The maximum absolute atomic E-state index is 13.1. The topological polar surface area (TPSA) is 63.6 Å². The minimum Gasteiger partial charge on any atom is -0.488 e. The number of Topliss-reactive ketones (excluding diaryl/α,β-unsaturated/α-hetero) is 1. The molecule has 0 spiro atoms. The maximum Gasteiger partial charge on any atom is 0.335 e. The molecule has 2 aromatic rings. The lowest BCUT2D eigenvalue weighted by Crippen LogP contribution is -2.03. The number of ketones is 1. The van der Waals surface area contributed by atoms with E-state index in [1.165, 1.54) is 31.2 Å². The average Bonchev–Trinajstić information content (AvgIpc) is 2.46. The highest BCUT2D eigenvalue weighted by molar-refractivity contribution is 5.96. The highest BCUT2D eigenvalue weighted by atomic mass is 19.1. The number of carbonyl (C=O) groups excluding carboxylic acids is 1. The standard InChI is InChI=1S/C16H13FO4/c1-10(18)14-8-13(17)6-7-15(14)21-9-11-2-4-12(5-3-11)16(19)20/h2-8H,9H2,1H3,(H,19,20). The van der Waals surface area contributed by atoms with E-state index < -0.39 is 11.8 Å². The highest BCUT2D eigenvalue weighted by Gasteiger charge is 2.10. The molecule has 1 N–H and O–H groups in total. The SMILES string of the molecule is CC(=O)c1cc(F)ccc1OCc1ccc(C(=O)O)cc1. The van der Waals surface area contributed by atoms with E-state index in [-0.39, 0.29) is 23.5 Å². The van der Waals surface area contributed by atoms with E-state index in [4.69, 9.17) is 9.84 Å². The molecule has 0 saturated carbocycles. The van der Waals surface area contributed by atoms with Crippen molar-refractivity contribution < 1.29 is 23.8 Å². The molecule has 21 heavy (non-hydrogen) atoms. The van der Waals surface area contributed by atoms with Crippen molar-refractivity contribution >= 4 is 11.8 Å². The summed E-state index contributed by atoms with van der Waals surface area (Å²) in [7, 11) is 0. The largest absolute Gasteiger partial charge is 0.488 e. The molecule has 0 fully saturated rings. The van der Waals surface area contributed by atoms with Crippen molar-refractivity contribution in [2.24, 2.45) is 0 Å². The first-order valence-electron chi connectivity index (χ1n) is 6.23. The number of rotatable bonds is 5. The molecular formula is C16H13FO4. The summed E-state index contributed by atoms with van der Waals surface area (Å²) < 4.78 is 18.6. The zero-order chi connectivity index (χ0) is 15.4. The van der Waals surface area contributed by atoms with Crippen LogP contribution in [-0.2, 0) is 6.61 Å². The number of carboxylic acid groups (broad SMARTS) is 1. The monoisotopic (exact) mass is 288 g/mol. The van der Waals surface area contributed by atoms with Crippen LogP contribution in [0.4, 0.5) is 4.39 Å². The van der Waals surface area contributed by atoms with E-state index in [2.05, 4.69) is 0 Å². The zero-order valence-corrected chi connectivity index (χ0v) is 11.3. The third-order valence-electron chi connectivity index (χ3n) is 2.92. The third kappa shape index (κ3) is 3.66. The van der Waals surface area contributed by atoms with Crippen LogP contribution in [0.15, 0.2) is 42.5 Å². The Morgan fingerprint density at radius 2 is 1.81 bits per heavy atom. The lowest BCUT2D eigenvalue weighted by atomic mass is 10.1. The Labute approximate surface area is 120 Å². The van der Waals surface area contributed by atoms with Crippen LogP contribution in [-0.4, -0.2) is 16.9 Å². The Morgan fingerprint density at radius 1 is 1.14 bits per heavy atom. The number of ether oxygens (including phenoxy) is 1. The second-order valence-electron chi connectivity index (χ2n) is 4.49. The predicted octanol–water partition coefficient (Wildman–Crippen LogP) is 3.31. The molecule has 0 saturated heterocycles. The summed E-state index contributed by atoms with van der Waals surface area (Å²) in [6.45, 7) is 1.50. The van der Waals surface area contributed by atoms with Crippen LogP contribution in [0.5, 0.6) is 5.75 Å². The van der Waals surface area contributed by atoms with Crippen molar-refractivity contribution in [2.45, 2.75) is 13.5 Å². The molecule has 108 valence electrons. The first kappa shape index (κ1) is 14.7. The van der Waals surface area contributed by atoms with Gasteiger partial charge >= 0.3 is 5.97 Å². The lowest BCUT2D eigenvalue weighted by Gasteiger charge is -2.10. The molecule has 0 unspecified atom stereocenters. The molecule has 0 aliphatic rings. The van der Waals surface area contributed by atoms with Gasteiger partial charge in [0.25, 0.3) is 0 Å². The van der Waals surface area contributed by atoms with Gasteiger partial charge in [0.2, 0.25) is 0 Å². The molecule has 0 heterocycles. The molecule has 0 aliphatic heterocycles. The average molecular weight is 288 g/mol. The van der Waals surface area contributed by atoms with Gasteiger partial charge in [-0.1, -0.05) is 12.1 Å². The van der Waals surface area contributed by atoms with E-state index in [0.29, 0.717) is 5.75 Å². The van der Waals surface area contributed by atoms with Crippen LogP contribution in [0.25, 0.3) is 0 Å². The van der Waals surface area contributed by atoms with Gasteiger partial charge in [0, 0.05) is 0 Å². The van der Waals surface area contributed by atoms with Crippen LogP contribution < -0.4 is 4.74 Å². The number of halogens is 1. The zero-order valence-electron chi connectivity index (χ0n) is 11.3. The van der Waals surface area contributed by atoms with Crippen LogP contribution >= 0.6 is 0 Å². The van der Waals surface area contributed by atoms with Crippen molar-refractivity contribution in [3.8, 4) is 5.75 Å². The van der Waals surface area contributed by atoms with Gasteiger partial charge in [-0.05, 0) is 42.8 Å². The summed E-state index contributed by atoms with van der Waals surface area (Å²) >= 11 is 0. The van der Waals surface area contributed by atoms with Crippen molar-refractivity contribution in [3.63, 3.8) is 0 Å². The van der Waals surface area contributed by atoms with Gasteiger partial charge in [-0.25, -0.2) is 9.18 Å². The lowest BCUT2D eigenvalue weighted by molar-refractivity contribution is 0.0696. The van der Waals surface area contributed by atoms with Crippen LogP contribution in [0.1, 0.15) is 33.2 Å². The fourth-order valence-electron chi connectivity index (χ4n) is 1.81. The van der Waals surface area contributed by atoms with Crippen molar-refractivity contribution in [1.82, 2.24) is 0 Å². The summed E-state index contributed by atoms with van der Waals surface area (Å²) in [5.74, 6) is -1.49. The van der Waals surface area contributed by atoms with Gasteiger partial charge in [-0.15, -0.1) is 0 Å². The smallest absolute Gasteiger partial charge is 0.335 e. The number of hydrogen-bond acceptors (Lipinski definition) is 3. The number of hydrogen-bond donors (Lipinski definition) is 1. The quantitative estimate of drug-likeness (QED) is 0.857. The van der Waals surface area contributed by atoms with E-state index in [9.17, 15) is 14.0 Å². The van der Waals surface area contributed by atoms with Gasteiger partial charge in [-0.3, -0.25) is 4.79 Å². The summed E-state index contributed by atoms with van der Waals surface area (Å²) in [5.41, 5.74) is 1.11. The minimum absolute atomic E-state index is 0.159. The Kier molecular flexibility index (Phi) is 4.33. The van der Waals surface area contributed by atoms with Gasteiger partial charge in [0.1, 0.15) is 18.2 Å². The van der Waals surface area contributed by atoms with Crippen LogP contribution in [0.3, 0.4) is 0 Å². The number of carboxylic acids is 1. The van der Waals surface area contributed by atoms with E-state index in [1.54, 1.807) is 12.1 Å². The number of benzene rings is 2. The number of carbonyl (C=O) groups is 2. The summed E-state index contributed by atoms with van der Waals surface area (Å²) in [6.07, 6.45) is 0. The Morgan fingerprint density at radius 3 is 2.38 bits per heavy atom. The summed E-state index contributed by atoms with van der Waals surface area (Å²) in [5, 5.41) is 8.80. The Hall–Kier alpha value is -2.69. The van der Waals surface area contributed by atoms with E-state index in [1.807, 2.05) is 0 Å². The molecule has 4 nitrogen and oxygen atoms in total. The molecule has 2 rings (SSSR count). The number of aromatic carboxylic acids is 1. The maximum atomic E-state index is 13.1. The van der Waals surface area contributed by atoms with E-state index in [0.717, 1.165) is 11.6 Å². The summed E-state index contributed by atoms with van der Waals surface area (Å²) in [4.78, 5) is 22.2. The summed E-state index contributed by atoms with van der Waals surface area (Å²) in [6, 6.07) is 9.94. The van der Waals surface area contributed by atoms with Gasteiger partial charge in [0.15, 0.2) is 5.78 Å². The third-order valence-corrected chi connectivity index (χ3v) is 2.92. The van der Waals surface area contributed by atoms with Gasteiger partial charge in [0.05, 0.1) is 11.1 Å². The van der Waals surface area contributed by atoms with Crippen molar-refractivity contribution in [3.05, 3.63) is 65.0 Å². The van der Waals surface area contributed by atoms with Crippen LogP contribution in [0.2, 0.25) is 0 Å². The normalized spacial score (nSPS) is 10.2. The molecule has 0 bridgehead atoms. The highest BCUT2D eigenvalue weighted by Crippen LogP contribution is 2.21. The second kappa shape index (κ2) is 6.17.